The van der Waals surface area contributed by atoms with Crippen LogP contribution < -0.4 is 0 Å². The number of hydrogen-bond donors (Lipinski definition) is 1. The molecular formula is C15H20F3NO2. The molecule has 118 valence electrons. The van der Waals surface area contributed by atoms with Gasteiger partial charge in [-0.15, -0.1) is 0 Å². The van der Waals surface area contributed by atoms with Crippen LogP contribution in [0.2, 0.25) is 0 Å². The molecule has 0 aromatic heterocycles. The highest BCUT2D eigenvalue weighted by Crippen LogP contribution is 2.19. The van der Waals surface area contributed by atoms with Crippen LogP contribution in [-0.2, 0) is 6.42 Å². The zero-order valence-corrected chi connectivity index (χ0v) is 12.2. The minimum Gasteiger partial charge on any atom is -0.395 e. The van der Waals surface area contributed by atoms with Gasteiger partial charge in [0.25, 0.3) is 0 Å². The molecule has 1 aromatic rings. The molecule has 0 saturated heterocycles. The average molecular weight is 303 g/mol. The third-order valence-electron chi connectivity index (χ3n) is 3.34. The molecule has 0 radical (unpaired) electrons. The van der Waals surface area contributed by atoms with Gasteiger partial charge in [-0.05, 0) is 18.9 Å². The van der Waals surface area contributed by atoms with Gasteiger partial charge < -0.3 is 5.11 Å². The number of ketones is 1. The molecule has 1 rings (SSSR count). The molecule has 0 saturated carbocycles. The van der Waals surface area contributed by atoms with Crippen molar-refractivity contribution in [3.8, 4) is 0 Å². The van der Waals surface area contributed by atoms with Gasteiger partial charge in [-0.3, -0.25) is 9.69 Å². The lowest BCUT2D eigenvalue weighted by molar-refractivity contribution is -0.149. The zero-order valence-electron chi connectivity index (χ0n) is 12.2. The number of hydrogen-bond acceptors (Lipinski definition) is 3. The molecule has 0 heterocycles. The van der Waals surface area contributed by atoms with Gasteiger partial charge in [0.05, 0.1) is 19.2 Å². The summed E-state index contributed by atoms with van der Waals surface area (Å²) in [6.07, 6.45) is -3.58. The predicted molar refractivity (Wildman–Crippen MR) is 74.3 cm³/mol. The second-order valence-corrected chi connectivity index (χ2v) is 4.90. The van der Waals surface area contributed by atoms with Crippen LogP contribution in [0.25, 0.3) is 0 Å². The molecule has 6 heteroatoms. The minimum absolute atomic E-state index is 0.195. The molecule has 1 unspecified atom stereocenters. The molecule has 0 aliphatic carbocycles. The number of alkyl halides is 3. The number of aliphatic hydroxyl groups excluding tert-OH is 1. The van der Waals surface area contributed by atoms with Gasteiger partial charge in [-0.2, -0.15) is 13.2 Å². The SMILES string of the molecule is CCc1ccc(C(=O)C(C)N(CCO)CC(F)(F)F)cc1. The Hall–Kier alpha value is -1.40. The lowest BCUT2D eigenvalue weighted by Crippen LogP contribution is -2.45. The molecule has 0 spiro atoms. The number of Topliss-reactive ketones (excluding diaryl/α,β-unsaturated/α-hetero) is 1. The second-order valence-electron chi connectivity index (χ2n) is 4.90. The van der Waals surface area contributed by atoms with Gasteiger partial charge in [0.1, 0.15) is 0 Å². The topological polar surface area (TPSA) is 40.5 Å². The van der Waals surface area contributed by atoms with Crippen LogP contribution in [0.3, 0.4) is 0 Å². The Morgan fingerprint density at radius 3 is 2.29 bits per heavy atom. The third kappa shape index (κ3) is 5.47. The highest BCUT2D eigenvalue weighted by molar-refractivity contribution is 5.99. The van der Waals surface area contributed by atoms with Crippen LogP contribution in [0.4, 0.5) is 13.2 Å². The lowest BCUT2D eigenvalue weighted by Gasteiger charge is -2.28. The van der Waals surface area contributed by atoms with E-state index in [1.807, 2.05) is 6.92 Å². The summed E-state index contributed by atoms with van der Waals surface area (Å²) in [6.45, 7) is 1.57. The molecule has 0 amide bonds. The normalized spacial score (nSPS) is 13.5. The lowest BCUT2D eigenvalue weighted by atomic mass is 10.0. The monoisotopic (exact) mass is 303 g/mol. The second kappa shape index (κ2) is 7.56. The van der Waals surface area contributed by atoms with Gasteiger partial charge in [0.2, 0.25) is 0 Å². The van der Waals surface area contributed by atoms with Crippen molar-refractivity contribution in [1.82, 2.24) is 4.90 Å². The zero-order chi connectivity index (χ0) is 16.0. The van der Waals surface area contributed by atoms with Crippen molar-refractivity contribution >= 4 is 5.78 Å². The highest BCUT2D eigenvalue weighted by atomic mass is 19.4. The van der Waals surface area contributed by atoms with E-state index in [2.05, 4.69) is 0 Å². The number of halogens is 3. The summed E-state index contributed by atoms with van der Waals surface area (Å²) >= 11 is 0. The molecule has 1 aromatic carbocycles. The van der Waals surface area contributed by atoms with Crippen molar-refractivity contribution in [1.29, 1.82) is 0 Å². The van der Waals surface area contributed by atoms with Gasteiger partial charge in [-0.25, -0.2) is 0 Å². The van der Waals surface area contributed by atoms with E-state index in [0.717, 1.165) is 16.9 Å². The molecule has 1 N–H and O–H groups in total. The Labute approximate surface area is 122 Å². The third-order valence-corrected chi connectivity index (χ3v) is 3.34. The van der Waals surface area contributed by atoms with Crippen molar-refractivity contribution in [2.75, 3.05) is 19.7 Å². The summed E-state index contributed by atoms with van der Waals surface area (Å²) in [4.78, 5) is 13.2. The molecule has 0 aliphatic rings. The first kappa shape index (κ1) is 17.7. The maximum absolute atomic E-state index is 12.5. The van der Waals surface area contributed by atoms with Crippen LogP contribution >= 0.6 is 0 Å². The number of carbonyl (C=O) groups is 1. The summed E-state index contributed by atoms with van der Waals surface area (Å²) in [6, 6.07) is 5.90. The number of nitrogens with zero attached hydrogens (tertiary/aromatic N) is 1. The molecular weight excluding hydrogens is 283 g/mol. The van der Waals surface area contributed by atoms with E-state index in [0.29, 0.717) is 5.56 Å². The fourth-order valence-corrected chi connectivity index (χ4v) is 2.08. The van der Waals surface area contributed by atoms with E-state index in [1.165, 1.54) is 6.92 Å². The quantitative estimate of drug-likeness (QED) is 0.787. The summed E-state index contributed by atoms with van der Waals surface area (Å²) in [7, 11) is 0. The van der Waals surface area contributed by atoms with E-state index >= 15 is 0 Å². The number of rotatable bonds is 7. The van der Waals surface area contributed by atoms with E-state index in [-0.39, 0.29) is 12.3 Å². The van der Waals surface area contributed by atoms with Crippen LogP contribution in [0.5, 0.6) is 0 Å². The smallest absolute Gasteiger partial charge is 0.395 e. The average Bonchev–Trinajstić information content (AvgIpc) is 2.44. The first-order valence-corrected chi connectivity index (χ1v) is 6.83. The summed E-state index contributed by atoms with van der Waals surface area (Å²) in [5.74, 6) is -0.379. The predicted octanol–water partition coefficient (Wildman–Crippen LogP) is 2.68. The van der Waals surface area contributed by atoms with E-state index in [9.17, 15) is 18.0 Å². The Balaban J connectivity index is 2.85. The fourth-order valence-electron chi connectivity index (χ4n) is 2.08. The van der Waals surface area contributed by atoms with Crippen LogP contribution in [0.15, 0.2) is 24.3 Å². The van der Waals surface area contributed by atoms with Crippen LogP contribution in [0.1, 0.15) is 29.8 Å². The van der Waals surface area contributed by atoms with E-state index in [4.69, 9.17) is 5.11 Å². The van der Waals surface area contributed by atoms with Crippen molar-refractivity contribution < 1.29 is 23.1 Å². The summed E-state index contributed by atoms with van der Waals surface area (Å²) in [5.41, 5.74) is 1.44. The van der Waals surface area contributed by atoms with Crippen LogP contribution in [0, 0.1) is 0 Å². The first-order chi connectivity index (χ1) is 9.78. The van der Waals surface area contributed by atoms with E-state index < -0.39 is 25.4 Å². The van der Waals surface area contributed by atoms with Crippen molar-refractivity contribution in [2.24, 2.45) is 0 Å². The highest BCUT2D eigenvalue weighted by Gasteiger charge is 2.34. The van der Waals surface area contributed by atoms with Crippen molar-refractivity contribution in [3.63, 3.8) is 0 Å². The number of aliphatic hydroxyl groups is 1. The van der Waals surface area contributed by atoms with Crippen LogP contribution in [-0.4, -0.2) is 47.7 Å². The standard InChI is InChI=1S/C15H20F3NO2/c1-3-12-4-6-13(7-5-12)14(21)11(2)19(8-9-20)10-15(16,17)18/h4-7,11,20H,3,8-10H2,1-2H3. The largest absolute Gasteiger partial charge is 0.401 e. The molecule has 0 bridgehead atoms. The maximum Gasteiger partial charge on any atom is 0.401 e. The minimum atomic E-state index is -4.41. The van der Waals surface area contributed by atoms with Gasteiger partial charge in [0, 0.05) is 12.1 Å². The van der Waals surface area contributed by atoms with Gasteiger partial charge in [0.15, 0.2) is 5.78 Å². The first-order valence-electron chi connectivity index (χ1n) is 6.83. The number of benzene rings is 1. The summed E-state index contributed by atoms with van der Waals surface area (Å²) < 4.78 is 37.6. The Morgan fingerprint density at radius 1 is 1.29 bits per heavy atom. The Morgan fingerprint density at radius 2 is 1.86 bits per heavy atom. The van der Waals surface area contributed by atoms with Crippen molar-refractivity contribution in [3.05, 3.63) is 35.4 Å². The molecule has 0 aliphatic heterocycles. The molecule has 1 atom stereocenters. The summed E-state index contributed by atoms with van der Waals surface area (Å²) in [5, 5.41) is 8.88. The van der Waals surface area contributed by atoms with Gasteiger partial charge in [-0.1, -0.05) is 31.2 Å². The van der Waals surface area contributed by atoms with E-state index in [1.54, 1.807) is 24.3 Å². The fraction of sp³-hybridized carbons (Fsp3) is 0.533. The van der Waals surface area contributed by atoms with Gasteiger partial charge >= 0.3 is 6.18 Å². The number of carbonyl (C=O) groups excluding carboxylic acids is 1. The Kier molecular flexibility index (Phi) is 6.36. The molecule has 0 fully saturated rings. The maximum atomic E-state index is 12.5. The number of aryl methyl sites for hydroxylation is 1. The van der Waals surface area contributed by atoms with Crippen molar-refractivity contribution in [2.45, 2.75) is 32.5 Å². The molecule has 21 heavy (non-hydrogen) atoms. The molecule has 3 nitrogen and oxygen atoms in total. The Bertz CT molecular complexity index is 457.